The van der Waals surface area contributed by atoms with Crippen LogP contribution in [0.15, 0.2) is 42.5 Å². The molecule has 29 heavy (non-hydrogen) atoms. The lowest BCUT2D eigenvalue weighted by atomic mass is 10.1. The molecule has 0 atom stereocenters. The maximum atomic E-state index is 12.8. The first kappa shape index (κ1) is 20.8. The molecule has 2 aromatic carbocycles. The van der Waals surface area contributed by atoms with E-state index in [1.54, 1.807) is 20.3 Å². The molecule has 1 heterocycles. The van der Waals surface area contributed by atoms with Crippen molar-refractivity contribution in [2.24, 2.45) is 0 Å². The molecule has 0 aliphatic rings. The summed E-state index contributed by atoms with van der Waals surface area (Å²) in [5.74, 6) is 1.11. The van der Waals surface area contributed by atoms with Crippen molar-refractivity contribution in [2.45, 2.75) is 19.9 Å². The van der Waals surface area contributed by atoms with Gasteiger partial charge in [0.25, 0.3) is 5.91 Å². The summed E-state index contributed by atoms with van der Waals surface area (Å²) >= 11 is 1.33. The summed E-state index contributed by atoms with van der Waals surface area (Å²) in [5.41, 5.74) is 3.56. The van der Waals surface area contributed by atoms with Gasteiger partial charge in [-0.3, -0.25) is 4.79 Å². The number of ether oxygens (including phenoxy) is 2. The average molecular weight is 413 g/mol. The van der Waals surface area contributed by atoms with Crippen LogP contribution in [-0.4, -0.2) is 36.8 Å². The molecule has 7 heteroatoms. The number of aryl methyl sites for hydroxylation is 1. The highest BCUT2D eigenvalue weighted by molar-refractivity contribution is 7.17. The molecule has 3 rings (SSSR count). The van der Waals surface area contributed by atoms with Gasteiger partial charge in [0.1, 0.15) is 21.4 Å². The summed E-state index contributed by atoms with van der Waals surface area (Å²) in [6.45, 7) is 2.27. The van der Waals surface area contributed by atoms with E-state index >= 15 is 0 Å². The maximum Gasteiger partial charge on any atom is 0.263 e. The minimum absolute atomic E-state index is 0.0658. The van der Waals surface area contributed by atoms with Crippen LogP contribution in [-0.2, 0) is 13.0 Å². The van der Waals surface area contributed by atoms with Crippen LogP contribution < -0.4 is 14.8 Å². The third kappa shape index (κ3) is 4.93. The molecule has 152 valence electrons. The minimum atomic E-state index is -0.220. The van der Waals surface area contributed by atoms with Gasteiger partial charge in [0.2, 0.25) is 0 Å². The Morgan fingerprint density at radius 1 is 1.14 bits per heavy atom. The Labute approximate surface area is 174 Å². The van der Waals surface area contributed by atoms with Crippen molar-refractivity contribution in [3.05, 3.63) is 64.2 Å². The molecule has 0 aliphatic heterocycles. The first-order valence-electron chi connectivity index (χ1n) is 9.22. The molecular formula is C22H24N2O4S. The molecule has 1 amide bonds. The minimum Gasteiger partial charge on any atom is -0.497 e. The molecule has 2 N–H and O–H groups in total. The van der Waals surface area contributed by atoms with Crippen LogP contribution in [0.3, 0.4) is 0 Å². The first-order chi connectivity index (χ1) is 14.0. The Hall–Kier alpha value is -2.90. The number of nitrogens with one attached hydrogen (secondary N) is 1. The highest BCUT2D eigenvalue weighted by atomic mass is 32.1. The molecule has 0 bridgehead atoms. The zero-order valence-electron chi connectivity index (χ0n) is 16.7. The van der Waals surface area contributed by atoms with Crippen LogP contribution in [0.2, 0.25) is 0 Å². The van der Waals surface area contributed by atoms with Crippen molar-refractivity contribution in [1.82, 2.24) is 10.3 Å². The predicted molar refractivity (Wildman–Crippen MR) is 114 cm³/mol. The molecule has 0 unspecified atom stereocenters. The number of carbonyl (C=O) groups excluding carboxylic acids is 1. The van der Waals surface area contributed by atoms with Gasteiger partial charge in [-0.1, -0.05) is 29.8 Å². The molecule has 1 aromatic heterocycles. The number of aliphatic hydroxyl groups is 1. The zero-order valence-corrected chi connectivity index (χ0v) is 17.5. The fourth-order valence-corrected chi connectivity index (χ4v) is 3.91. The smallest absolute Gasteiger partial charge is 0.263 e. The van der Waals surface area contributed by atoms with E-state index in [1.807, 2.05) is 43.3 Å². The second-order valence-electron chi connectivity index (χ2n) is 6.49. The van der Waals surface area contributed by atoms with Crippen molar-refractivity contribution >= 4 is 17.2 Å². The second kappa shape index (κ2) is 9.54. The van der Waals surface area contributed by atoms with Gasteiger partial charge in [0.05, 0.1) is 19.9 Å². The standard InChI is InChI=1S/C22H24N2O4S/c1-14-4-6-15(7-5-14)22-24-18(10-11-25)20(29-22)21(26)23-13-16-8-9-17(27-2)12-19(16)28-3/h4-9,12,25H,10-11,13H2,1-3H3,(H,23,26). The van der Waals surface area contributed by atoms with Gasteiger partial charge in [0, 0.05) is 36.8 Å². The Morgan fingerprint density at radius 2 is 1.90 bits per heavy atom. The SMILES string of the molecule is COc1ccc(CNC(=O)c2sc(-c3ccc(C)cc3)nc2CCO)c(OC)c1. The number of thiazole rings is 1. The van der Waals surface area contributed by atoms with Crippen LogP contribution in [0.4, 0.5) is 0 Å². The average Bonchev–Trinajstić information content (AvgIpc) is 3.16. The van der Waals surface area contributed by atoms with Gasteiger partial charge in [-0.2, -0.15) is 0 Å². The molecular weight excluding hydrogens is 388 g/mol. The van der Waals surface area contributed by atoms with Gasteiger partial charge in [-0.05, 0) is 19.1 Å². The maximum absolute atomic E-state index is 12.8. The molecule has 3 aromatic rings. The molecule has 0 radical (unpaired) electrons. The van der Waals surface area contributed by atoms with E-state index in [-0.39, 0.29) is 12.5 Å². The van der Waals surface area contributed by atoms with Crippen LogP contribution in [0.25, 0.3) is 10.6 Å². The van der Waals surface area contributed by atoms with Crippen molar-refractivity contribution < 1.29 is 19.4 Å². The van der Waals surface area contributed by atoms with E-state index in [9.17, 15) is 9.90 Å². The molecule has 0 aliphatic carbocycles. The lowest BCUT2D eigenvalue weighted by Gasteiger charge is -2.11. The lowest BCUT2D eigenvalue weighted by Crippen LogP contribution is -2.23. The van der Waals surface area contributed by atoms with Crippen molar-refractivity contribution in [3.8, 4) is 22.1 Å². The number of aromatic nitrogens is 1. The molecule has 0 saturated heterocycles. The van der Waals surface area contributed by atoms with E-state index in [0.29, 0.717) is 35.0 Å². The van der Waals surface area contributed by atoms with Gasteiger partial charge >= 0.3 is 0 Å². The van der Waals surface area contributed by atoms with Crippen molar-refractivity contribution in [2.75, 3.05) is 20.8 Å². The number of rotatable bonds is 8. The lowest BCUT2D eigenvalue weighted by molar-refractivity contribution is 0.0953. The number of hydrogen-bond donors (Lipinski definition) is 2. The predicted octanol–water partition coefficient (Wildman–Crippen LogP) is 3.60. The Bertz CT molecular complexity index is 983. The third-order valence-electron chi connectivity index (χ3n) is 4.48. The van der Waals surface area contributed by atoms with Gasteiger partial charge < -0.3 is 19.9 Å². The fourth-order valence-electron chi connectivity index (χ4n) is 2.88. The Kier molecular flexibility index (Phi) is 6.85. The summed E-state index contributed by atoms with van der Waals surface area (Å²) in [5, 5.41) is 13.1. The largest absolute Gasteiger partial charge is 0.497 e. The van der Waals surface area contributed by atoms with Gasteiger partial charge in [-0.15, -0.1) is 11.3 Å². The second-order valence-corrected chi connectivity index (χ2v) is 7.49. The summed E-state index contributed by atoms with van der Waals surface area (Å²) < 4.78 is 10.6. The Balaban J connectivity index is 1.80. The summed E-state index contributed by atoms with van der Waals surface area (Å²) in [6.07, 6.45) is 0.330. The van der Waals surface area contributed by atoms with E-state index in [2.05, 4.69) is 10.3 Å². The fraction of sp³-hybridized carbons (Fsp3) is 0.273. The van der Waals surface area contributed by atoms with E-state index in [0.717, 1.165) is 21.7 Å². The molecule has 0 fully saturated rings. The summed E-state index contributed by atoms with van der Waals surface area (Å²) in [4.78, 5) is 18.0. The van der Waals surface area contributed by atoms with Crippen LogP contribution >= 0.6 is 11.3 Å². The van der Waals surface area contributed by atoms with Crippen molar-refractivity contribution in [3.63, 3.8) is 0 Å². The number of nitrogens with zero attached hydrogens (tertiary/aromatic N) is 1. The normalized spacial score (nSPS) is 10.6. The number of methoxy groups -OCH3 is 2. The zero-order chi connectivity index (χ0) is 20.8. The van der Waals surface area contributed by atoms with Gasteiger partial charge in [0.15, 0.2) is 0 Å². The van der Waals surface area contributed by atoms with E-state index < -0.39 is 0 Å². The quantitative estimate of drug-likeness (QED) is 0.591. The molecule has 0 saturated carbocycles. The number of amides is 1. The highest BCUT2D eigenvalue weighted by Crippen LogP contribution is 2.29. The topological polar surface area (TPSA) is 80.7 Å². The van der Waals surface area contributed by atoms with E-state index in [4.69, 9.17) is 9.47 Å². The van der Waals surface area contributed by atoms with Crippen LogP contribution in [0.5, 0.6) is 11.5 Å². The summed E-state index contributed by atoms with van der Waals surface area (Å²) in [6, 6.07) is 13.5. The number of benzene rings is 2. The third-order valence-corrected chi connectivity index (χ3v) is 5.63. The first-order valence-corrected chi connectivity index (χ1v) is 10.0. The highest BCUT2D eigenvalue weighted by Gasteiger charge is 2.19. The molecule has 6 nitrogen and oxygen atoms in total. The van der Waals surface area contributed by atoms with Crippen LogP contribution in [0, 0.1) is 6.92 Å². The van der Waals surface area contributed by atoms with Crippen molar-refractivity contribution in [1.29, 1.82) is 0 Å². The monoisotopic (exact) mass is 412 g/mol. The number of aliphatic hydroxyl groups excluding tert-OH is 1. The van der Waals surface area contributed by atoms with Gasteiger partial charge in [-0.25, -0.2) is 4.98 Å². The number of carbonyl (C=O) groups is 1. The molecule has 0 spiro atoms. The summed E-state index contributed by atoms with van der Waals surface area (Å²) in [7, 11) is 3.17. The number of hydrogen-bond acceptors (Lipinski definition) is 6. The van der Waals surface area contributed by atoms with E-state index in [1.165, 1.54) is 11.3 Å². The van der Waals surface area contributed by atoms with Crippen LogP contribution in [0.1, 0.15) is 26.5 Å². The Morgan fingerprint density at radius 3 is 2.55 bits per heavy atom.